The average molecular weight is 584 g/mol. The maximum absolute atomic E-state index is 13.6. The number of allylic oxidation sites excluding steroid dienone is 6. The Bertz CT molecular complexity index is 1550. The predicted molar refractivity (Wildman–Crippen MR) is 168 cm³/mol. The average Bonchev–Trinajstić information content (AvgIpc) is 3.43. The van der Waals surface area contributed by atoms with Crippen LogP contribution in [0.15, 0.2) is 83.3 Å². The van der Waals surface area contributed by atoms with Crippen molar-refractivity contribution in [2.24, 2.45) is 16.6 Å². The lowest BCUT2D eigenvalue weighted by molar-refractivity contribution is -0.116. The van der Waals surface area contributed by atoms with E-state index in [0.717, 1.165) is 29.7 Å². The molecular weight excluding hydrogens is 542 g/mol. The van der Waals surface area contributed by atoms with E-state index in [2.05, 4.69) is 16.7 Å². The van der Waals surface area contributed by atoms with Crippen molar-refractivity contribution in [2.75, 3.05) is 6.54 Å². The highest BCUT2D eigenvalue weighted by Crippen LogP contribution is 2.32. The number of hydrogen-bond donors (Lipinski definition) is 1. The molecule has 0 spiro atoms. The number of primary amides is 1. The van der Waals surface area contributed by atoms with Gasteiger partial charge in [0.2, 0.25) is 0 Å². The molecule has 2 aliphatic rings. The van der Waals surface area contributed by atoms with E-state index in [1.165, 1.54) is 0 Å². The third-order valence-electron chi connectivity index (χ3n) is 7.23. The Morgan fingerprint density at radius 2 is 1.88 bits per heavy atom. The third kappa shape index (κ3) is 7.85. The van der Waals surface area contributed by atoms with Gasteiger partial charge in [0.15, 0.2) is 11.5 Å². The van der Waals surface area contributed by atoms with Crippen LogP contribution in [0.4, 0.5) is 4.79 Å². The van der Waals surface area contributed by atoms with Crippen LogP contribution in [0, 0.1) is 12.8 Å². The highest BCUT2D eigenvalue weighted by atomic mass is 16.6. The van der Waals surface area contributed by atoms with Gasteiger partial charge in [-0.1, -0.05) is 43.4 Å². The molecule has 1 aliphatic carbocycles. The summed E-state index contributed by atoms with van der Waals surface area (Å²) >= 11 is 0. The van der Waals surface area contributed by atoms with Crippen molar-refractivity contribution in [3.63, 3.8) is 0 Å². The number of nitrogens with zero attached hydrogens (tertiary/aromatic N) is 4. The molecular formula is C34H41N5O4. The van der Waals surface area contributed by atoms with Gasteiger partial charge in [0.05, 0.1) is 17.3 Å². The van der Waals surface area contributed by atoms with Gasteiger partial charge in [-0.2, -0.15) is 5.10 Å². The zero-order valence-corrected chi connectivity index (χ0v) is 25.9. The number of ketones is 1. The fourth-order valence-electron chi connectivity index (χ4n) is 4.71. The van der Waals surface area contributed by atoms with Crippen molar-refractivity contribution in [2.45, 2.75) is 72.3 Å². The van der Waals surface area contributed by atoms with E-state index in [9.17, 15) is 14.4 Å². The van der Waals surface area contributed by atoms with Crippen LogP contribution in [0.3, 0.4) is 0 Å². The Morgan fingerprint density at radius 3 is 2.47 bits per heavy atom. The Labute approximate surface area is 253 Å². The first kappa shape index (κ1) is 31.4. The summed E-state index contributed by atoms with van der Waals surface area (Å²) in [5.41, 5.74) is 9.56. The summed E-state index contributed by atoms with van der Waals surface area (Å²) < 4.78 is 7.21. The molecule has 2 heterocycles. The quantitative estimate of drug-likeness (QED) is 0.309. The minimum atomic E-state index is -0.707. The van der Waals surface area contributed by atoms with Crippen LogP contribution >= 0.6 is 0 Å². The zero-order valence-electron chi connectivity index (χ0n) is 25.9. The largest absolute Gasteiger partial charge is 0.443 e. The van der Waals surface area contributed by atoms with Crippen molar-refractivity contribution in [1.82, 2.24) is 14.7 Å². The van der Waals surface area contributed by atoms with Gasteiger partial charge in [-0.25, -0.2) is 14.5 Å². The smallest absolute Gasteiger partial charge is 0.414 e. The predicted octanol–water partition coefficient (Wildman–Crippen LogP) is 6.34. The highest BCUT2D eigenvalue weighted by Gasteiger charge is 2.32. The number of aryl methyl sites for hydroxylation is 1. The number of rotatable bonds is 11. The molecule has 1 aliphatic heterocycles. The van der Waals surface area contributed by atoms with Gasteiger partial charge in [-0.05, 0) is 83.2 Å². The van der Waals surface area contributed by atoms with Crippen molar-refractivity contribution >= 4 is 23.5 Å². The number of carbonyl (C=O) groups is 3. The zero-order chi connectivity index (χ0) is 31.5. The van der Waals surface area contributed by atoms with Crippen molar-refractivity contribution in [3.8, 4) is 5.69 Å². The summed E-state index contributed by atoms with van der Waals surface area (Å²) in [6, 6.07) is 7.66. The second-order valence-electron chi connectivity index (χ2n) is 12.1. The molecule has 1 fully saturated rings. The molecule has 1 saturated carbocycles. The molecule has 2 N–H and O–H groups in total. The summed E-state index contributed by atoms with van der Waals surface area (Å²) in [5.74, 6) is -1.23. The van der Waals surface area contributed by atoms with Gasteiger partial charge in [0.25, 0.3) is 5.91 Å². The van der Waals surface area contributed by atoms with Crippen molar-refractivity contribution < 1.29 is 19.1 Å². The van der Waals surface area contributed by atoms with E-state index in [1.807, 2.05) is 77.1 Å². The van der Waals surface area contributed by atoms with Crippen LogP contribution in [-0.4, -0.2) is 50.3 Å². The normalized spacial score (nSPS) is 16.1. The molecule has 1 aromatic heterocycles. The van der Waals surface area contributed by atoms with E-state index in [-0.39, 0.29) is 11.5 Å². The number of nitrogens with two attached hydrogens (primary N) is 1. The number of aliphatic imine (C=N–C) groups is 1. The lowest BCUT2D eigenvalue weighted by Gasteiger charge is -2.28. The van der Waals surface area contributed by atoms with E-state index >= 15 is 0 Å². The molecule has 1 aromatic carbocycles. The molecule has 2 aromatic rings. The van der Waals surface area contributed by atoms with Gasteiger partial charge in [0.1, 0.15) is 11.3 Å². The van der Waals surface area contributed by atoms with Crippen molar-refractivity contribution in [3.05, 3.63) is 95.1 Å². The fourth-order valence-corrected chi connectivity index (χ4v) is 4.71. The fraction of sp³-hybridized carbons (Fsp3) is 0.382. The summed E-state index contributed by atoms with van der Waals surface area (Å²) in [5, 5.41) is 4.38. The summed E-state index contributed by atoms with van der Waals surface area (Å²) in [6.45, 7) is 15.8. The van der Waals surface area contributed by atoms with Gasteiger partial charge in [-0.15, -0.1) is 0 Å². The standard InChI is InChI=1S/C34H41N5O4/c1-8-9-25(18-22(3)38(19-24-12-13-24)33(42)43-34(5,6)7)28-16-17-29(36-28)31(40)23(4)27-20-39(37-30(27)32(35)41)26-14-10-21(2)11-15-26/h8-11,14-15,17-18,20,23-24H,3,12-13,16,19H2,1-2,4-7H3,(H2,35,41)/b9-8-,25-18+. The van der Waals surface area contributed by atoms with Crippen LogP contribution in [-0.2, 0) is 9.53 Å². The third-order valence-corrected chi connectivity index (χ3v) is 7.23. The first-order valence-electron chi connectivity index (χ1n) is 14.6. The second-order valence-corrected chi connectivity index (χ2v) is 12.1. The molecule has 0 bridgehead atoms. The number of ether oxygens (including phenoxy) is 1. The topological polar surface area (TPSA) is 120 Å². The monoisotopic (exact) mass is 583 g/mol. The lowest BCUT2D eigenvalue weighted by atomic mass is 9.95. The molecule has 4 rings (SSSR count). The molecule has 0 radical (unpaired) electrons. The number of hydrogen-bond acceptors (Lipinski definition) is 6. The highest BCUT2D eigenvalue weighted by molar-refractivity contribution is 6.12. The molecule has 2 amide bonds. The minimum Gasteiger partial charge on any atom is -0.443 e. The van der Waals surface area contributed by atoms with E-state index in [1.54, 1.807) is 28.8 Å². The van der Waals surface area contributed by atoms with Crippen LogP contribution in [0.1, 0.15) is 81.4 Å². The molecule has 1 unspecified atom stereocenters. The van der Waals surface area contributed by atoms with E-state index < -0.39 is 23.5 Å². The Kier molecular flexibility index (Phi) is 9.33. The maximum Gasteiger partial charge on any atom is 0.414 e. The lowest BCUT2D eigenvalue weighted by Crippen LogP contribution is -2.37. The summed E-state index contributed by atoms with van der Waals surface area (Å²) in [7, 11) is 0. The SMILES string of the molecule is C=C(/C=C(\C=C/C)C1=NC(C(=O)C(C)c2cn(-c3ccc(C)cc3)nc2C(N)=O)=CC1)N(CC1CC1)C(=O)OC(C)(C)C. The van der Waals surface area contributed by atoms with E-state index in [4.69, 9.17) is 10.5 Å². The number of benzene rings is 1. The number of amides is 2. The molecule has 9 heteroatoms. The Balaban J connectivity index is 1.57. The molecule has 9 nitrogen and oxygen atoms in total. The first-order valence-corrected chi connectivity index (χ1v) is 14.6. The minimum absolute atomic E-state index is 0.0490. The second kappa shape index (κ2) is 12.8. The number of aromatic nitrogens is 2. The molecule has 226 valence electrons. The number of Topliss-reactive ketones (excluding diaryl/α,β-unsaturated/α-hetero) is 1. The van der Waals surface area contributed by atoms with Crippen LogP contribution in [0.2, 0.25) is 0 Å². The van der Waals surface area contributed by atoms with Crippen molar-refractivity contribution in [1.29, 1.82) is 0 Å². The van der Waals surface area contributed by atoms with Gasteiger partial charge in [0, 0.05) is 30.4 Å². The Hall–Kier alpha value is -4.53. The Morgan fingerprint density at radius 1 is 1.21 bits per heavy atom. The molecule has 1 atom stereocenters. The first-order chi connectivity index (χ1) is 20.3. The number of carbonyl (C=O) groups excluding carboxylic acids is 3. The van der Waals surface area contributed by atoms with Gasteiger partial charge >= 0.3 is 6.09 Å². The van der Waals surface area contributed by atoms with Crippen LogP contribution in [0.25, 0.3) is 5.69 Å². The van der Waals surface area contributed by atoms with Gasteiger partial charge in [-0.3, -0.25) is 14.5 Å². The maximum atomic E-state index is 13.6. The molecule has 43 heavy (non-hydrogen) atoms. The van der Waals surface area contributed by atoms with Crippen LogP contribution < -0.4 is 5.73 Å². The van der Waals surface area contributed by atoms with E-state index in [0.29, 0.717) is 41.6 Å². The van der Waals surface area contributed by atoms with Gasteiger partial charge < -0.3 is 10.5 Å². The molecule has 0 saturated heterocycles. The van der Waals surface area contributed by atoms with Crippen LogP contribution in [0.5, 0.6) is 0 Å². The summed E-state index contributed by atoms with van der Waals surface area (Å²) in [6.07, 6.45) is 11.2. The summed E-state index contributed by atoms with van der Waals surface area (Å²) in [4.78, 5) is 45.2.